The van der Waals surface area contributed by atoms with Gasteiger partial charge in [0, 0.05) is 25.4 Å². The van der Waals surface area contributed by atoms with Crippen LogP contribution in [-0.2, 0) is 29.1 Å². The van der Waals surface area contributed by atoms with Crippen molar-refractivity contribution in [2.24, 2.45) is 5.92 Å². The number of fused-ring (bicyclic) bond motifs is 1. The van der Waals surface area contributed by atoms with E-state index >= 15 is 0 Å². The Kier molecular flexibility index (Phi) is 7.06. The van der Waals surface area contributed by atoms with Crippen LogP contribution in [0.25, 0.3) is 11.0 Å². The van der Waals surface area contributed by atoms with Gasteiger partial charge in [-0.25, -0.2) is 4.98 Å². The van der Waals surface area contributed by atoms with E-state index in [2.05, 4.69) is 15.6 Å². The fraction of sp³-hybridized carbons (Fsp3) is 0.348. The molecule has 0 aliphatic heterocycles. The number of methoxy groups -OCH3 is 1. The highest BCUT2D eigenvalue weighted by Crippen LogP contribution is 2.16. The second kappa shape index (κ2) is 9.91. The molecule has 1 heterocycles. The summed E-state index contributed by atoms with van der Waals surface area (Å²) in [6.07, 6.45) is 0.554. The van der Waals surface area contributed by atoms with Crippen LogP contribution in [-0.4, -0.2) is 35.0 Å². The van der Waals surface area contributed by atoms with E-state index < -0.39 is 0 Å². The quantitative estimate of drug-likeness (QED) is 0.570. The van der Waals surface area contributed by atoms with Gasteiger partial charge in [0.1, 0.15) is 18.1 Å². The lowest BCUT2D eigenvalue weighted by molar-refractivity contribution is -0.124. The van der Waals surface area contributed by atoms with E-state index in [1.807, 2.05) is 66.9 Å². The minimum atomic E-state index is -0.0959. The maximum atomic E-state index is 12.6. The average Bonchev–Trinajstić information content (AvgIpc) is 3.09. The third kappa shape index (κ3) is 5.37. The molecule has 30 heavy (non-hydrogen) atoms. The predicted molar refractivity (Wildman–Crippen MR) is 116 cm³/mol. The van der Waals surface area contributed by atoms with E-state index in [1.54, 1.807) is 7.11 Å². The number of hydrogen-bond donors (Lipinski definition) is 2. The Labute approximate surface area is 176 Å². The van der Waals surface area contributed by atoms with Crippen LogP contribution in [0.4, 0.5) is 0 Å². The Morgan fingerprint density at radius 2 is 1.80 bits per heavy atom. The van der Waals surface area contributed by atoms with Crippen molar-refractivity contribution in [1.29, 1.82) is 0 Å². The zero-order valence-electron chi connectivity index (χ0n) is 17.6. The Morgan fingerprint density at radius 3 is 2.50 bits per heavy atom. The Bertz CT molecular complexity index is 1010. The molecule has 2 amide bonds. The van der Waals surface area contributed by atoms with E-state index in [0.717, 1.165) is 28.2 Å². The number of benzene rings is 2. The first kappa shape index (κ1) is 21.4. The van der Waals surface area contributed by atoms with E-state index in [4.69, 9.17) is 4.74 Å². The predicted octanol–water partition coefficient (Wildman–Crippen LogP) is 2.68. The van der Waals surface area contributed by atoms with Crippen LogP contribution in [0, 0.1) is 5.92 Å². The van der Waals surface area contributed by atoms with Crippen LogP contribution < -0.4 is 15.4 Å². The van der Waals surface area contributed by atoms with Gasteiger partial charge in [0.15, 0.2) is 0 Å². The van der Waals surface area contributed by atoms with E-state index in [0.29, 0.717) is 19.5 Å². The summed E-state index contributed by atoms with van der Waals surface area (Å²) in [5.41, 5.74) is 2.74. The lowest BCUT2D eigenvalue weighted by Gasteiger charge is -2.11. The lowest BCUT2D eigenvalue weighted by atomic mass is 10.2. The summed E-state index contributed by atoms with van der Waals surface area (Å²) in [6.45, 7) is 4.81. The number of rotatable bonds is 9. The molecule has 0 saturated heterocycles. The Balaban J connectivity index is 1.67. The van der Waals surface area contributed by atoms with E-state index in [1.165, 1.54) is 0 Å². The monoisotopic (exact) mass is 408 g/mol. The lowest BCUT2D eigenvalue weighted by Crippen LogP contribution is -2.31. The summed E-state index contributed by atoms with van der Waals surface area (Å²) in [5.74, 6) is 1.41. The number of hydrogen-bond acceptors (Lipinski definition) is 4. The summed E-state index contributed by atoms with van der Waals surface area (Å²) < 4.78 is 7.07. The van der Waals surface area contributed by atoms with Crippen LogP contribution >= 0.6 is 0 Å². The summed E-state index contributed by atoms with van der Waals surface area (Å²) in [6, 6.07) is 15.3. The molecular formula is C23H28N4O3. The van der Waals surface area contributed by atoms with Crippen molar-refractivity contribution in [2.45, 2.75) is 33.4 Å². The molecule has 0 atom stereocenters. The molecule has 0 fully saturated rings. The van der Waals surface area contributed by atoms with Crippen molar-refractivity contribution in [3.05, 3.63) is 59.9 Å². The van der Waals surface area contributed by atoms with Gasteiger partial charge in [-0.2, -0.15) is 0 Å². The van der Waals surface area contributed by atoms with Gasteiger partial charge in [0.2, 0.25) is 11.8 Å². The molecule has 158 valence electrons. The van der Waals surface area contributed by atoms with Gasteiger partial charge in [0.05, 0.1) is 18.1 Å². The summed E-state index contributed by atoms with van der Waals surface area (Å²) in [4.78, 5) is 29.1. The molecule has 0 bridgehead atoms. The van der Waals surface area contributed by atoms with Crippen LogP contribution in [0.1, 0.15) is 25.2 Å². The average molecular weight is 409 g/mol. The van der Waals surface area contributed by atoms with E-state index in [-0.39, 0.29) is 24.3 Å². The zero-order valence-corrected chi connectivity index (χ0v) is 17.6. The van der Waals surface area contributed by atoms with Crippen molar-refractivity contribution in [1.82, 2.24) is 20.2 Å². The highest BCUT2D eigenvalue weighted by atomic mass is 16.5. The number of para-hydroxylation sites is 2. The molecule has 0 saturated carbocycles. The van der Waals surface area contributed by atoms with Crippen molar-refractivity contribution < 1.29 is 14.3 Å². The summed E-state index contributed by atoms with van der Waals surface area (Å²) in [5, 5.41) is 5.87. The topological polar surface area (TPSA) is 85.2 Å². The normalized spacial score (nSPS) is 10.9. The smallest absolute Gasteiger partial charge is 0.240 e. The Morgan fingerprint density at radius 1 is 1.07 bits per heavy atom. The number of amides is 2. The zero-order chi connectivity index (χ0) is 21.5. The summed E-state index contributed by atoms with van der Waals surface area (Å²) in [7, 11) is 1.62. The summed E-state index contributed by atoms with van der Waals surface area (Å²) >= 11 is 0. The fourth-order valence-electron chi connectivity index (χ4n) is 3.14. The molecule has 0 aliphatic carbocycles. The first-order valence-corrected chi connectivity index (χ1v) is 10.1. The molecule has 7 nitrogen and oxygen atoms in total. The van der Waals surface area contributed by atoms with Gasteiger partial charge in [-0.3, -0.25) is 9.59 Å². The molecule has 0 unspecified atom stereocenters. The number of ether oxygens (including phenoxy) is 1. The van der Waals surface area contributed by atoms with Crippen LogP contribution in [0.5, 0.6) is 5.75 Å². The third-order valence-electron chi connectivity index (χ3n) is 4.86. The van der Waals surface area contributed by atoms with Crippen molar-refractivity contribution >= 4 is 22.8 Å². The van der Waals surface area contributed by atoms with Gasteiger partial charge in [-0.15, -0.1) is 0 Å². The first-order valence-electron chi connectivity index (χ1n) is 10.1. The maximum absolute atomic E-state index is 12.6. The molecule has 2 N–H and O–H groups in total. The second-order valence-electron chi connectivity index (χ2n) is 7.42. The van der Waals surface area contributed by atoms with Gasteiger partial charge < -0.3 is 19.9 Å². The Hall–Kier alpha value is -3.35. The van der Waals surface area contributed by atoms with Crippen LogP contribution in [0.15, 0.2) is 48.5 Å². The number of aromatic nitrogens is 2. The third-order valence-corrected chi connectivity index (χ3v) is 4.86. The molecular weight excluding hydrogens is 380 g/mol. The molecule has 1 aromatic heterocycles. The fourth-order valence-corrected chi connectivity index (χ4v) is 3.14. The molecule has 2 aromatic carbocycles. The second-order valence-corrected chi connectivity index (χ2v) is 7.42. The van der Waals surface area contributed by atoms with Gasteiger partial charge >= 0.3 is 0 Å². The molecule has 7 heteroatoms. The molecule has 3 aromatic rings. The molecule has 0 radical (unpaired) electrons. The number of carbonyl (C=O) groups excluding carboxylic acids is 2. The SMILES string of the molecule is COc1ccc(CNC(=O)Cn2c(CCNC(=O)C(C)C)nc3ccccc32)cc1. The van der Waals surface area contributed by atoms with Gasteiger partial charge in [0.25, 0.3) is 0 Å². The molecule has 3 rings (SSSR count). The number of nitrogens with one attached hydrogen (secondary N) is 2. The van der Waals surface area contributed by atoms with Crippen molar-refractivity contribution in [3.8, 4) is 5.75 Å². The maximum Gasteiger partial charge on any atom is 0.240 e. The molecule has 0 aliphatic rings. The van der Waals surface area contributed by atoms with Crippen LogP contribution in [0.3, 0.4) is 0 Å². The van der Waals surface area contributed by atoms with Crippen molar-refractivity contribution in [3.63, 3.8) is 0 Å². The number of imidazole rings is 1. The first-order chi connectivity index (χ1) is 14.5. The van der Waals surface area contributed by atoms with Gasteiger partial charge in [-0.1, -0.05) is 38.1 Å². The minimum Gasteiger partial charge on any atom is -0.497 e. The number of carbonyl (C=O) groups is 2. The van der Waals surface area contributed by atoms with Crippen molar-refractivity contribution in [2.75, 3.05) is 13.7 Å². The largest absolute Gasteiger partial charge is 0.497 e. The van der Waals surface area contributed by atoms with Crippen LogP contribution in [0.2, 0.25) is 0 Å². The minimum absolute atomic E-state index is 0.00916. The standard InChI is InChI=1S/C23H28N4O3/c1-16(2)23(29)24-13-12-21-26-19-6-4-5-7-20(19)27(21)15-22(28)25-14-17-8-10-18(30-3)11-9-17/h4-11,16H,12-15H2,1-3H3,(H,24,29)(H,25,28). The molecule has 0 spiro atoms. The van der Waals surface area contributed by atoms with E-state index in [9.17, 15) is 9.59 Å². The highest BCUT2D eigenvalue weighted by Gasteiger charge is 2.14. The number of nitrogens with zero attached hydrogens (tertiary/aromatic N) is 2. The highest BCUT2D eigenvalue weighted by molar-refractivity contribution is 5.81. The van der Waals surface area contributed by atoms with Gasteiger partial charge in [-0.05, 0) is 29.8 Å².